The largest absolute Gasteiger partial charge is 0.204 e. The van der Waals surface area contributed by atoms with Crippen molar-refractivity contribution in [2.45, 2.75) is 38.0 Å². The van der Waals surface area contributed by atoms with Gasteiger partial charge < -0.3 is 0 Å². The van der Waals surface area contributed by atoms with E-state index in [-0.39, 0.29) is 5.38 Å². The molecule has 0 aliphatic heterocycles. The minimum atomic E-state index is -0.773. The molecule has 1 unspecified atom stereocenters. The Labute approximate surface area is 94.3 Å². The Hall–Kier alpha value is -0.630. The quantitative estimate of drug-likeness (QED) is 0.664. The van der Waals surface area contributed by atoms with Crippen molar-refractivity contribution in [3.8, 4) is 0 Å². The van der Waals surface area contributed by atoms with Crippen LogP contribution in [0, 0.1) is 11.6 Å². The summed E-state index contributed by atoms with van der Waals surface area (Å²) in [5.41, 5.74) is 0.440. The van der Waals surface area contributed by atoms with Crippen molar-refractivity contribution in [2.75, 3.05) is 0 Å². The summed E-state index contributed by atoms with van der Waals surface area (Å²) in [5, 5.41) is 0.140. The maximum Gasteiger partial charge on any atom is 0.162 e. The van der Waals surface area contributed by atoms with Crippen LogP contribution in [0.25, 0.3) is 0 Å². The molecule has 0 heterocycles. The molecule has 0 amide bonds. The Morgan fingerprint density at radius 3 is 2.73 bits per heavy atom. The van der Waals surface area contributed by atoms with Gasteiger partial charge in [0.05, 0.1) is 0 Å². The smallest absolute Gasteiger partial charge is 0.162 e. The van der Waals surface area contributed by atoms with Gasteiger partial charge in [0.25, 0.3) is 0 Å². The Bertz CT molecular complexity index is 312. The zero-order valence-electron chi connectivity index (χ0n) is 8.77. The summed E-state index contributed by atoms with van der Waals surface area (Å²) in [6.45, 7) is 2.01. The summed E-state index contributed by atoms with van der Waals surface area (Å²) in [7, 11) is 0. The lowest BCUT2D eigenvalue weighted by molar-refractivity contribution is 0.495. The fraction of sp³-hybridized carbons (Fsp3) is 0.500. The fourth-order valence-corrected chi connectivity index (χ4v) is 1.61. The Kier molecular flexibility index (Phi) is 5.03. The molecule has 3 heteroatoms. The van der Waals surface area contributed by atoms with Crippen LogP contribution in [0.4, 0.5) is 8.78 Å². The van der Waals surface area contributed by atoms with Crippen molar-refractivity contribution in [1.82, 2.24) is 0 Å². The van der Waals surface area contributed by atoms with E-state index in [9.17, 15) is 8.78 Å². The lowest BCUT2D eigenvalue weighted by atomic mass is 10.1. The van der Waals surface area contributed by atoms with Gasteiger partial charge in [0.2, 0.25) is 0 Å². The molecule has 0 N–H and O–H groups in total. The average Bonchev–Trinajstić information content (AvgIpc) is 2.24. The van der Waals surface area contributed by atoms with Crippen molar-refractivity contribution in [3.05, 3.63) is 35.4 Å². The lowest BCUT2D eigenvalue weighted by Gasteiger charge is -2.06. The van der Waals surface area contributed by atoms with E-state index in [2.05, 4.69) is 0 Å². The third-order valence-corrected chi connectivity index (χ3v) is 2.96. The monoisotopic (exact) mass is 232 g/mol. The first-order valence-corrected chi connectivity index (χ1v) is 5.65. The zero-order valence-corrected chi connectivity index (χ0v) is 9.53. The van der Waals surface area contributed by atoms with Crippen LogP contribution in [0.5, 0.6) is 0 Å². The first kappa shape index (κ1) is 12.4. The molecule has 1 aromatic rings. The van der Waals surface area contributed by atoms with E-state index >= 15 is 0 Å². The molecular weight excluding hydrogens is 218 g/mol. The van der Waals surface area contributed by atoms with Crippen LogP contribution >= 0.6 is 11.6 Å². The van der Waals surface area contributed by atoms with Crippen LogP contribution in [0.2, 0.25) is 0 Å². The molecule has 0 radical (unpaired) electrons. The number of aryl methyl sites for hydroxylation is 1. The number of benzene rings is 1. The molecule has 0 saturated carbocycles. The van der Waals surface area contributed by atoms with Gasteiger partial charge >= 0.3 is 0 Å². The Morgan fingerprint density at radius 1 is 1.33 bits per heavy atom. The molecule has 1 rings (SSSR count). The van der Waals surface area contributed by atoms with Gasteiger partial charge in [-0.25, -0.2) is 8.78 Å². The second-order valence-corrected chi connectivity index (χ2v) is 4.23. The van der Waals surface area contributed by atoms with E-state index in [4.69, 9.17) is 11.6 Å². The molecular formula is C12H15ClF2. The number of halogens is 3. The van der Waals surface area contributed by atoms with E-state index in [0.717, 1.165) is 25.3 Å². The second kappa shape index (κ2) is 6.06. The van der Waals surface area contributed by atoms with E-state index in [1.165, 1.54) is 6.07 Å². The van der Waals surface area contributed by atoms with Crippen LogP contribution in [-0.4, -0.2) is 5.38 Å². The molecule has 0 aliphatic carbocycles. The summed E-state index contributed by atoms with van der Waals surface area (Å²) >= 11 is 5.93. The maximum absolute atomic E-state index is 13.2. The highest BCUT2D eigenvalue weighted by molar-refractivity contribution is 6.20. The fourth-order valence-electron chi connectivity index (χ4n) is 1.46. The maximum atomic E-state index is 13.2. The standard InChI is InChI=1S/C12H15ClF2/c1-2-10(13)7-3-5-9-6-4-8-11(14)12(9)15/h4,6,8,10H,2-3,5,7H2,1H3. The van der Waals surface area contributed by atoms with Crippen LogP contribution in [0.3, 0.4) is 0 Å². The minimum Gasteiger partial charge on any atom is -0.204 e. The number of rotatable bonds is 5. The minimum absolute atomic E-state index is 0.140. The molecule has 0 aliphatic rings. The van der Waals surface area contributed by atoms with Crippen molar-refractivity contribution >= 4 is 11.6 Å². The van der Waals surface area contributed by atoms with Gasteiger partial charge in [-0.3, -0.25) is 0 Å². The summed E-state index contributed by atoms with van der Waals surface area (Å²) < 4.78 is 26.0. The zero-order chi connectivity index (χ0) is 11.3. The summed E-state index contributed by atoms with van der Waals surface area (Å²) in [4.78, 5) is 0. The van der Waals surface area contributed by atoms with E-state index < -0.39 is 11.6 Å². The topological polar surface area (TPSA) is 0 Å². The molecule has 0 saturated heterocycles. The number of hydrogen-bond donors (Lipinski definition) is 0. The van der Waals surface area contributed by atoms with Gasteiger partial charge in [-0.15, -0.1) is 11.6 Å². The van der Waals surface area contributed by atoms with E-state index in [1.807, 2.05) is 6.92 Å². The Morgan fingerprint density at radius 2 is 2.07 bits per heavy atom. The van der Waals surface area contributed by atoms with Gasteiger partial charge in [-0.05, 0) is 37.3 Å². The first-order chi connectivity index (χ1) is 7.15. The third kappa shape index (κ3) is 3.78. The van der Waals surface area contributed by atoms with E-state index in [1.54, 1.807) is 6.07 Å². The van der Waals surface area contributed by atoms with Crippen molar-refractivity contribution in [3.63, 3.8) is 0 Å². The van der Waals surface area contributed by atoms with Gasteiger partial charge in [-0.1, -0.05) is 19.1 Å². The average molecular weight is 233 g/mol. The summed E-state index contributed by atoms with van der Waals surface area (Å²) in [6.07, 6.45) is 3.09. The SMILES string of the molecule is CCC(Cl)CCCc1cccc(F)c1F. The van der Waals surface area contributed by atoms with Gasteiger partial charge in [0.15, 0.2) is 11.6 Å². The van der Waals surface area contributed by atoms with Crippen LogP contribution in [0.1, 0.15) is 31.7 Å². The van der Waals surface area contributed by atoms with Crippen LogP contribution < -0.4 is 0 Å². The molecule has 0 fully saturated rings. The molecule has 0 bridgehead atoms. The molecule has 0 nitrogen and oxygen atoms in total. The molecule has 84 valence electrons. The second-order valence-electron chi connectivity index (χ2n) is 3.61. The van der Waals surface area contributed by atoms with Crippen LogP contribution in [0.15, 0.2) is 18.2 Å². The normalized spacial score (nSPS) is 12.8. The van der Waals surface area contributed by atoms with Crippen molar-refractivity contribution < 1.29 is 8.78 Å². The van der Waals surface area contributed by atoms with Crippen molar-refractivity contribution in [1.29, 1.82) is 0 Å². The molecule has 1 atom stereocenters. The highest BCUT2D eigenvalue weighted by atomic mass is 35.5. The lowest BCUT2D eigenvalue weighted by Crippen LogP contribution is -1.99. The number of alkyl halides is 1. The van der Waals surface area contributed by atoms with E-state index in [0.29, 0.717) is 12.0 Å². The molecule has 15 heavy (non-hydrogen) atoms. The van der Waals surface area contributed by atoms with Gasteiger partial charge in [0, 0.05) is 5.38 Å². The molecule has 0 spiro atoms. The van der Waals surface area contributed by atoms with Crippen LogP contribution in [-0.2, 0) is 6.42 Å². The predicted octanol–water partition coefficient (Wildman–Crippen LogP) is 4.30. The highest BCUT2D eigenvalue weighted by Gasteiger charge is 2.08. The summed E-state index contributed by atoms with van der Waals surface area (Å²) in [6, 6.07) is 4.29. The molecule has 0 aromatic heterocycles. The van der Waals surface area contributed by atoms with Gasteiger partial charge in [-0.2, -0.15) is 0 Å². The predicted molar refractivity (Wildman–Crippen MR) is 59.2 cm³/mol. The summed E-state index contributed by atoms with van der Waals surface area (Å²) in [5.74, 6) is -1.49. The third-order valence-electron chi connectivity index (χ3n) is 2.44. The van der Waals surface area contributed by atoms with Crippen molar-refractivity contribution in [2.24, 2.45) is 0 Å². The number of hydrogen-bond acceptors (Lipinski definition) is 0. The first-order valence-electron chi connectivity index (χ1n) is 5.22. The van der Waals surface area contributed by atoms with Gasteiger partial charge in [0.1, 0.15) is 0 Å². The Balaban J connectivity index is 2.47. The molecule has 1 aromatic carbocycles. The highest BCUT2D eigenvalue weighted by Crippen LogP contribution is 2.16.